The molecular weight excluding hydrogens is 262 g/mol. The average Bonchev–Trinajstić information content (AvgIpc) is 2.55. The van der Waals surface area contributed by atoms with Crippen LogP contribution in [0.25, 0.3) is 0 Å². The molecule has 2 unspecified atom stereocenters. The van der Waals surface area contributed by atoms with Gasteiger partial charge in [0.15, 0.2) is 0 Å². The van der Waals surface area contributed by atoms with Crippen molar-refractivity contribution in [2.75, 3.05) is 14.2 Å². The zero-order chi connectivity index (χ0) is 14.7. The quantitative estimate of drug-likeness (QED) is 0.933. The normalized spacial score (nSPS) is 20.7. The first-order valence-corrected chi connectivity index (χ1v) is 7.37. The molecule has 1 N–H and O–H groups in total. The standard InChI is InChI=1S/C18H21NO2/c1-19-18-16-10-9-15(20-2)12-13(16)8-11-17(18)21-14-6-4-3-5-7-14/h3-7,9-10,12,17-19H,8,11H2,1-2H3. The van der Waals surface area contributed by atoms with Gasteiger partial charge in [-0.05, 0) is 55.3 Å². The van der Waals surface area contributed by atoms with Crippen LogP contribution in [0.5, 0.6) is 11.5 Å². The highest BCUT2D eigenvalue weighted by atomic mass is 16.5. The van der Waals surface area contributed by atoms with Gasteiger partial charge in [0, 0.05) is 0 Å². The second-order valence-corrected chi connectivity index (χ2v) is 5.34. The fourth-order valence-corrected chi connectivity index (χ4v) is 3.04. The van der Waals surface area contributed by atoms with E-state index in [1.54, 1.807) is 7.11 Å². The highest BCUT2D eigenvalue weighted by Gasteiger charge is 2.30. The Hall–Kier alpha value is -2.00. The third-order valence-corrected chi connectivity index (χ3v) is 4.10. The highest BCUT2D eigenvalue weighted by Crippen LogP contribution is 2.34. The summed E-state index contributed by atoms with van der Waals surface area (Å²) >= 11 is 0. The first-order valence-electron chi connectivity index (χ1n) is 7.37. The Morgan fingerprint density at radius 1 is 1.05 bits per heavy atom. The van der Waals surface area contributed by atoms with Gasteiger partial charge in [-0.25, -0.2) is 0 Å². The second-order valence-electron chi connectivity index (χ2n) is 5.34. The van der Waals surface area contributed by atoms with E-state index in [4.69, 9.17) is 9.47 Å². The molecule has 3 rings (SSSR count). The maximum atomic E-state index is 6.18. The molecule has 3 heteroatoms. The van der Waals surface area contributed by atoms with Crippen molar-refractivity contribution in [3.05, 3.63) is 59.7 Å². The smallest absolute Gasteiger partial charge is 0.119 e. The largest absolute Gasteiger partial charge is 0.497 e. The first-order chi connectivity index (χ1) is 10.3. The molecule has 0 bridgehead atoms. The van der Waals surface area contributed by atoms with Crippen molar-refractivity contribution in [1.82, 2.24) is 5.32 Å². The molecule has 0 heterocycles. The fraction of sp³-hybridized carbons (Fsp3) is 0.333. The number of likely N-dealkylation sites (N-methyl/N-ethyl adjacent to an activating group) is 1. The molecule has 0 saturated heterocycles. The van der Waals surface area contributed by atoms with Crippen LogP contribution in [0.1, 0.15) is 23.6 Å². The van der Waals surface area contributed by atoms with Crippen LogP contribution >= 0.6 is 0 Å². The van der Waals surface area contributed by atoms with Crippen molar-refractivity contribution in [2.24, 2.45) is 0 Å². The monoisotopic (exact) mass is 283 g/mol. The maximum Gasteiger partial charge on any atom is 0.119 e. The topological polar surface area (TPSA) is 30.5 Å². The third-order valence-electron chi connectivity index (χ3n) is 4.10. The van der Waals surface area contributed by atoms with Gasteiger partial charge in [-0.3, -0.25) is 0 Å². The minimum atomic E-state index is 0.151. The first kappa shape index (κ1) is 14.0. The van der Waals surface area contributed by atoms with Crippen LogP contribution < -0.4 is 14.8 Å². The van der Waals surface area contributed by atoms with Crippen molar-refractivity contribution in [3.63, 3.8) is 0 Å². The van der Waals surface area contributed by atoms with E-state index in [0.29, 0.717) is 0 Å². The van der Waals surface area contributed by atoms with Crippen LogP contribution in [-0.2, 0) is 6.42 Å². The van der Waals surface area contributed by atoms with Crippen LogP contribution in [0.4, 0.5) is 0 Å². The van der Waals surface area contributed by atoms with E-state index in [-0.39, 0.29) is 12.1 Å². The number of benzene rings is 2. The van der Waals surface area contributed by atoms with Gasteiger partial charge >= 0.3 is 0 Å². The van der Waals surface area contributed by atoms with Crippen molar-refractivity contribution in [2.45, 2.75) is 25.0 Å². The van der Waals surface area contributed by atoms with Gasteiger partial charge < -0.3 is 14.8 Å². The van der Waals surface area contributed by atoms with Gasteiger partial charge in [0.05, 0.1) is 13.2 Å². The summed E-state index contributed by atoms with van der Waals surface area (Å²) in [6.07, 6.45) is 2.17. The van der Waals surface area contributed by atoms with E-state index in [0.717, 1.165) is 24.3 Å². The fourth-order valence-electron chi connectivity index (χ4n) is 3.04. The Kier molecular flexibility index (Phi) is 4.11. The lowest BCUT2D eigenvalue weighted by Gasteiger charge is -2.34. The van der Waals surface area contributed by atoms with E-state index in [1.807, 2.05) is 43.4 Å². The predicted octanol–water partition coefficient (Wildman–Crippen LogP) is 3.35. The van der Waals surface area contributed by atoms with Crippen molar-refractivity contribution < 1.29 is 9.47 Å². The van der Waals surface area contributed by atoms with E-state index >= 15 is 0 Å². The number of aryl methyl sites for hydroxylation is 1. The summed E-state index contributed by atoms with van der Waals surface area (Å²) in [6, 6.07) is 16.6. The molecule has 21 heavy (non-hydrogen) atoms. The molecule has 2 aromatic carbocycles. The molecule has 0 saturated carbocycles. The van der Waals surface area contributed by atoms with Crippen molar-refractivity contribution in [3.8, 4) is 11.5 Å². The summed E-state index contributed by atoms with van der Waals surface area (Å²) in [5.41, 5.74) is 2.66. The van der Waals surface area contributed by atoms with Gasteiger partial charge in [-0.2, -0.15) is 0 Å². The Morgan fingerprint density at radius 2 is 1.86 bits per heavy atom. The molecule has 0 amide bonds. The van der Waals surface area contributed by atoms with Gasteiger partial charge in [-0.15, -0.1) is 0 Å². The van der Waals surface area contributed by atoms with Crippen molar-refractivity contribution in [1.29, 1.82) is 0 Å². The Balaban J connectivity index is 1.84. The van der Waals surface area contributed by atoms with Crippen LogP contribution in [0.2, 0.25) is 0 Å². The summed E-state index contributed by atoms with van der Waals surface area (Å²) in [5.74, 6) is 1.85. The Morgan fingerprint density at radius 3 is 2.57 bits per heavy atom. The minimum Gasteiger partial charge on any atom is -0.497 e. The zero-order valence-corrected chi connectivity index (χ0v) is 12.5. The number of rotatable bonds is 4. The molecule has 2 atom stereocenters. The van der Waals surface area contributed by atoms with Gasteiger partial charge in [0.25, 0.3) is 0 Å². The predicted molar refractivity (Wildman–Crippen MR) is 84.0 cm³/mol. The molecule has 0 fully saturated rings. The zero-order valence-electron chi connectivity index (χ0n) is 12.5. The molecule has 1 aliphatic carbocycles. The molecule has 0 spiro atoms. The summed E-state index contributed by atoms with van der Waals surface area (Å²) < 4.78 is 11.5. The number of ether oxygens (including phenoxy) is 2. The van der Waals surface area contributed by atoms with E-state index in [1.165, 1.54) is 11.1 Å². The van der Waals surface area contributed by atoms with Gasteiger partial charge in [0.1, 0.15) is 17.6 Å². The number of hydrogen-bond acceptors (Lipinski definition) is 3. The molecular formula is C18H21NO2. The SMILES string of the molecule is CNC1c2ccc(OC)cc2CCC1Oc1ccccc1. The summed E-state index contributed by atoms with van der Waals surface area (Å²) in [4.78, 5) is 0. The molecule has 0 aromatic heterocycles. The Labute approximate surface area is 125 Å². The average molecular weight is 283 g/mol. The third kappa shape index (κ3) is 2.88. The number of hydrogen-bond donors (Lipinski definition) is 1. The lowest BCUT2D eigenvalue weighted by atomic mass is 9.85. The maximum absolute atomic E-state index is 6.18. The van der Waals surface area contributed by atoms with E-state index in [9.17, 15) is 0 Å². The number of para-hydroxylation sites is 1. The molecule has 110 valence electrons. The lowest BCUT2D eigenvalue weighted by molar-refractivity contribution is 0.139. The molecule has 0 aliphatic heterocycles. The van der Waals surface area contributed by atoms with Crippen LogP contribution in [-0.4, -0.2) is 20.3 Å². The molecule has 3 nitrogen and oxygen atoms in total. The lowest BCUT2D eigenvalue weighted by Crippen LogP contribution is -2.37. The second kappa shape index (κ2) is 6.19. The van der Waals surface area contributed by atoms with Crippen LogP contribution in [0, 0.1) is 0 Å². The summed E-state index contributed by atoms with van der Waals surface area (Å²) in [7, 11) is 3.70. The minimum absolute atomic E-state index is 0.151. The molecule has 0 radical (unpaired) electrons. The number of fused-ring (bicyclic) bond motifs is 1. The molecule has 2 aromatic rings. The van der Waals surface area contributed by atoms with Crippen molar-refractivity contribution >= 4 is 0 Å². The number of nitrogens with one attached hydrogen (secondary N) is 1. The highest BCUT2D eigenvalue weighted by molar-refractivity contribution is 5.40. The van der Waals surface area contributed by atoms with E-state index in [2.05, 4.69) is 17.4 Å². The Bertz CT molecular complexity index is 597. The van der Waals surface area contributed by atoms with Gasteiger partial charge in [0.2, 0.25) is 0 Å². The van der Waals surface area contributed by atoms with E-state index < -0.39 is 0 Å². The van der Waals surface area contributed by atoms with Gasteiger partial charge in [-0.1, -0.05) is 24.3 Å². The summed E-state index contributed by atoms with van der Waals surface area (Å²) in [6.45, 7) is 0. The van der Waals surface area contributed by atoms with Crippen LogP contribution in [0.15, 0.2) is 48.5 Å². The van der Waals surface area contributed by atoms with Crippen LogP contribution in [0.3, 0.4) is 0 Å². The summed E-state index contributed by atoms with van der Waals surface area (Å²) in [5, 5.41) is 3.40. The molecule has 1 aliphatic rings. The number of methoxy groups -OCH3 is 1.